The highest BCUT2D eigenvalue weighted by molar-refractivity contribution is 5.79. The summed E-state index contributed by atoms with van der Waals surface area (Å²) in [6, 6.07) is 0.682. The molecular weight excluding hydrogens is 264 g/mol. The second-order valence-corrected chi connectivity index (χ2v) is 7.04. The molecule has 1 atom stereocenters. The fraction of sp³-hybridized carbons (Fsp3) is 0.941. The Labute approximate surface area is 130 Å². The van der Waals surface area contributed by atoms with E-state index in [1.807, 2.05) is 6.92 Å². The lowest BCUT2D eigenvalue weighted by Crippen LogP contribution is -2.49. The molecule has 0 aromatic rings. The van der Waals surface area contributed by atoms with E-state index in [1.165, 1.54) is 32.1 Å². The predicted octanol–water partition coefficient (Wildman–Crippen LogP) is 2.95. The topological polar surface area (TPSA) is 55.6 Å². The van der Waals surface area contributed by atoms with E-state index in [-0.39, 0.29) is 5.97 Å². The molecule has 0 bridgehead atoms. The third-order valence-electron chi connectivity index (χ3n) is 4.49. The quantitative estimate of drug-likeness (QED) is 0.665. The zero-order chi connectivity index (χ0) is 15.9. The fourth-order valence-corrected chi connectivity index (χ4v) is 2.94. The molecule has 1 rings (SSSR count). The van der Waals surface area contributed by atoms with Gasteiger partial charge in [0.15, 0.2) is 0 Å². The number of nitrogens with zero attached hydrogens (tertiary/aromatic N) is 1. The highest BCUT2D eigenvalue weighted by Gasteiger charge is 2.32. The number of hydrogen-bond acceptors (Lipinski definition) is 4. The fourth-order valence-electron chi connectivity index (χ4n) is 2.94. The van der Waals surface area contributed by atoms with Gasteiger partial charge in [0.2, 0.25) is 0 Å². The first kappa shape index (κ1) is 18.4. The van der Waals surface area contributed by atoms with E-state index >= 15 is 0 Å². The van der Waals surface area contributed by atoms with Crippen LogP contribution in [0, 0.1) is 5.92 Å². The Hall–Kier alpha value is -0.610. The van der Waals surface area contributed by atoms with Gasteiger partial charge in [0, 0.05) is 12.6 Å². The molecule has 2 N–H and O–H groups in total. The third kappa shape index (κ3) is 6.35. The van der Waals surface area contributed by atoms with E-state index in [1.54, 1.807) is 6.92 Å². The Kier molecular flexibility index (Phi) is 7.67. The van der Waals surface area contributed by atoms with Crippen LogP contribution in [0.5, 0.6) is 0 Å². The highest BCUT2D eigenvalue weighted by Crippen LogP contribution is 2.25. The Morgan fingerprint density at radius 1 is 1.33 bits per heavy atom. The van der Waals surface area contributed by atoms with Crippen LogP contribution in [0.25, 0.3) is 0 Å². The van der Waals surface area contributed by atoms with Gasteiger partial charge in [-0.2, -0.15) is 0 Å². The Morgan fingerprint density at radius 2 is 1.95 bits per heavy atom. The lowest BCUT2D eigenvalue weighted by atomic mass is 9.98. The molecule has 0 radical (unpaired) electrons. The van der Waals surface area contributed by atoms with E-state index < -0.39 is 5.54 Å². The van der Waals surface area contributed by atoms with Crippen LogP contribution in [0.4, 0.5) is 0 Å². The molecule has 21 heavy (non-hydrogen) atoms. The summed E-state index contributed by atoms with van der Waals surface area (Å²) in [5.74, 6) is 0.434. The standard InChI is InChI=1S/C17H34N2O2/c1-5-21-16(20)17(4,18)11-13-19(12-10-14(2)3)15-8-6-7-9-15/h14-15H,5-13,18H2,1-4H3. The van der Waals surface area contributed by atoms with Gasteiger partial charge in [-0.05, 0) is 52.0 Å². The zero-order valence-electron chi connectivity index (χ0n) is 14.4. The second-order valence-electron chi connectivity index (χ2n) is 7.04. The van der Waals surface area contributed by atoms with Crippen LogP contribution in [0.3, 0.4) is 0 Å². The maximum Gasteiger partial charge on any atom is 0.325 e. The molecule has 4 heteroatoms. The summed E-state index contributed by atoms with van der Waals surface area (Å²) < 4.78 is 5.08. The van der Waals surface area contributed by atoms with Crippen LogP contribution in [0.1, 0.15) is 66.2 Å². The lowest BCUT2D eigenvalue weighted by molar-refractivity contribution is -0.149. The summed E-state index contributed by atoms with van der Waals surface area (Å²) in [6.07, 6.45) is 7.12. The molecule has 1 aliphatic carbocycles. The molecule has 0 aliphatic heterocycles. The van der Waals surface area contributed by atoms with Crippen LogP contribution < -0.4 is 5.73 Å². The summed E-state index contributed by atoms with van der Waals surface area (Å²) >= 11 is 0. The average Bonchev–Trinajstić information content (AvgIpc) is 2.92. The number of carbonyl (C=O) groups is 1. The molecule has 1 saturated carbocycles. The van der Waals surface area contributed by atoms with Crippen LogP contribution in [-0.4, -0.2) is 42.1 Å². The van der Waals surface area contributed by atoms with Gasteiger partial charge < -0.3 is 15.4 Å². The summed E-state index contributed by atoms with van der Waals surface area (Å²) in [4.78, 5) is 14.5. The minimum Gasteiger partial charge on any atom is -0.465 e. The van der Waals surface area contributed by atoms with Gasteiger partial charge >= 0.3 is 5.97 Å². The molecule has 1 aliphatic rings. The van der Waals surface area contributed by atoms with Gasteiger partial charge in [-0.1, -0.05) is 26.7 Å². The summed E-state index contributed by atoms with van der Waals surface area (Å²) in [5.41, 5.74) is 5.28. The highest BCUT2D eigenvalue weighted by atomic mass is 16.5. The van der Waals surface area contributed by atoms with Gasteiger partial charge in [0.05, 0.1) is 6.61 Å². The first-order chi connectivity index (χ1) is 9.86. The Balaban J connectivity index is 2.52. The molecular formula is C17H34N2O2. The van der Waals surface area contributed by atoms with Gasteiger partial charge in [-0.15, -0.1) is 0 Å². The van der Waals surface area contributed by atoms with Gasteiger partial charge in [-0.3, -0.25) is 4.79 Å². The molecule has 4 nitrogen and oxygen atoms in total. The smallest absolute Gasteiger partial charge is 0.325 e. The molecule has 0 spiro atoms. The largest absolute Gasteiger partial charge is 0.465 e. The van der Waals surface area contributed by atoms with Gasteiger partial charge in [0.25, 0.3) is 0 Å². The Morgan fingerprint density at radius 3 is 2.48 bits per heavy atom. The number of rotatable bonds is 9. The molecule has 0 saturated heterocycles. The first-order valence-electron chi connectivity index (χ1n) is 8.57. The summed E-state index contributed by atoms with van der Waals surface area (Å²) in [6.45, 7) is 10.5. The van der Waals surface area contributed by atoms with Crippen molar-refractivity contribution in [2.24, 2.45) is 11.7 Å². The monoisotopic (exact) mass is 298 g/mol. The van der Waals surface area contributed by atoms with Crippen molar-refractivity contribution in [1.82, 2.24) is 4.90 Å². The summed E-state index contributed by atoms with van der Waals surface area (Å²) in [5, 5.41) is 0. The van der Waals surface area contributed by atoms with Crippen LogP contribution >= 0.6 is 0 Å². The Bertz CT molecular complexity index is 310. The normalized spacial score (nSPS) is 19.2. The predicted molar refractivity (Wildman–Crippen MR) is 87.1 cm³/mol. The molecule has 0 heterocycles. The van der Waals surface area contributed by atoms with Crippen molar-refractivity contribution in [3.05, 3.63) is 0 Å². The molecule has 124 valence electrons. The number of esters is 1. The maximum atomic E-state index is 11.9. The van der Waals surface area contributed by atoms with Crippen molar-refractivity contribution in [3.63, 3.8) is 0 Å². The van der Waals surface area contributed by atoms with E-state index in [0.29, 0.717) is 25.0 Å². The average molecular weight is 298 g/mol. The molecule has 0 aromatic heterocycles. The maximum absolute atomic E-state index is 11.9. The van der Waals surface area contributed by atoms with Crippen LogP contribution in [0.2, 0.25) is 0 Å². The van der Waals surface area contributed by atoms with Crippen molar-refractivity contribution in [1.29, 1.82) is 0 Å². The molecule has 0 amide bonds. The number of nitrogens with two attached hydrogens (primary N) is 1. The van der Waals surface area contributed by atoms with Crippen molar-refractivity contribution < 1.29 is 9.53 Å². The number of hydrogen-bond donors (Lipinski definition) is 1. The third-order valence-corrected chi connectivity index (χ3v) is 4.49. The molecule has 0 aromatic carbocycles. The molecule has 1 fully saturated rings. The second kappa shape index (κ2) is 8.74. The number of ether oxygens (including phenoxy) is 1. The van der Waals surface area contributed by atoms with E-state index in [4.69, 9.17) is 10.5 Å². The van der Waals surface area contributed by atoms with Crippen molar-refractivity contribution >= 4 is 5.97 Å². The SMILES string of the molecule is CCOC(=O)C(C)(N)CCN(CCC(C)C)C1CCCC1. The minimum atomic E-state index is -0.870. The number of carbonyl (C=O) groups excluding carboxylic acids is 1. The van der Waals surface area contributed by atoms with E-state index in [0.717, 1.165) is 13.1 Å². The van der Waals surface area contributed by atoms with Crippen molar-refractivity contribution in [2.75, 3.05) is 19.7 Å². The molecule has 1 unspecified atom stereocenters. The summed E-state index contributed by atoms with van der Waals surface area (Å²) in [7, 11) is 0. The van der Waals surface area contributed by atoms with E-state index in [2.05, 4.69) is 18.7 Å². The van der Waals surface area contributed by atoms with Gasteiger partial charge in [-0.25, -0.2) is 0 Å². The van der Waals surface area contributed by atoms with Crippen LogP contribution in [-0.2, 0) is 9.53 Å². The van der Waals surface area contributed by atoms with Crippen molar-refractivity contribution in [2.45, 2.75) is 77.8 Å². The first-order valence-corrected chi connectivity index (χ1v) is 8.57. The minimum absolute atomic E-state index is 0.278. The van der Waals surface area contributed by atoms with Gasteiger partial charge in [0.1, 0.15) is 5.54 Å². The van der Waals surface area contributed by atoms with Crippen LogP contribution in [0.15, 0.2) is 0 Å². The van der Waals surface area contributed by atoms with E-state index in [9.17, 15) is 4.79 Å². The lowest BCUT2D eigenvalue weighted by Gasteiger charge is -2.32. The van der Waals surface area contributed by atoms with Crippen molar-refractivity contribution in [3.8, 4) is 0 Å². The zero-order valence-corrected chi connectivity index (χ0v) is 14.4.